The first-order valence-electron chi connectivity index (χ1n) is 12.4. The standard InChI is InChI=1S/C27H41F3O4Si/c1-7-33-24(31)19-26(32)16-8-9-21(18-26)12-15-23(34-35(5,6)25(2,3)4)17-20-10-13-22(14-11-20)27(28,29)30/h10-15,21,23,32H,7-9,16-19H2,1-6H3. The molecule has 1 N–H and O–H groups in total. The minimum atomic E-state index is -4.36. The summed E-state index contributed by atoms with van der Waals surface area (Å²) in [5.74, 6) is -0.303. The fourth-order valence-electron chi connectivity index (χ4n) is 4.24. The lowest BCUT2D eigenvalue weighted by Crippen LogP contribution is -2.44. The summed E-state index contributed by atoms with van der Waals surface area (Å²) in [5.41, 5.74) is -0.974. The Morgan fingerprint density at radius 3 is 2.40 bits per heavy atom. The van der Waals surface area contributed by atoms with Crippen molar-refractivity contribution in [2.75, 3.05) is 6.61 Å². The molecule has 1 aliphatic carbocycles. The number of hydrogen-bond acceptors (Lipinski definition) is 4. The van der Waals surface area contributed by atoms with Gasteiger partial charge >= 0.3 is 12.1 Å². The van der Waals surface area contributed by atoms with E-state index in [9.17, 15) is 23.1 Å². The highest BCUT2D eigenvalue weighted by atomic mass is 28.4. The molecule has 4 nitrogen and oxygen atoms in total. The Labute approximate surface area is 209 Å². The average molecular weight is 515 g/mol. The number of aliphatic hydroxyl groups is 1. The molecule has 8 heteroatoms. The molecular weight excluding hydrogens is 473 g/mol. The van der Waals surface area contributed by atoms with Gasteiger partial charge in [0.1, 0.15) is 0 Å². The SMILES string of the molecule is CCOC(=O)CC1(O)CCCC(C=CC(Cc2ccc(C(F)(F)F)cc2)O[Si](C)(C)C(C)(C)C)C1. The van der Waals surface area contributed by atoms with Crippen LogP contribution in [0.1, 0.15) is 70.9 Å². The molecule has 0 spiro atoms. The number of ether oxygens (including phenoxy) is 1. The van der Waals surface area contributed by atoms with Crippen molar-refractivity contribution in [3.63, 3.8) is 0 Å². The van der Waals surface area contributed by atoms with Crippen LogP contribution in [-0.4, -0.2) is 37.7 Å². The van der Waals surface area contributed by atoms with Crippen LogP contribution in [0.15, 0.2) is 36.4 Å². The lowest BCUT2D eigenvalue weighted by molar-refractivity contribution is -0.150. The molecule has 0 aliphatic heterocycles. The van der Waals surface area contributed by atoms with Gasteiger partial charge in [0.25, 0.3) is 0 Å². The van der Waals surface area contributed by atoms with E-state index in [0.29, 0.717) is 19.3 Å². The van der Waals surface area contributed by atoms with Crippen LogP contribution < -0.4 is 0 Å². The summed E-state index contributed by atoms with van der Waals surface area (Å²) in [7, 11) is -2.15. The maximum absolute atomic E-state index is 13.0. The van der Waals surface area contributed by atoms with Gasteiger partial charge in [-0.2, -0.15) is 13.2 Å². The quantitative estimate of drug-likeness (QED) is 0.218. The Morgan fingerprint density at radius 2 is 1.86 bits per heavy atom. The van der Waals surface area contributed by atoms with Crippen molar-refractivity contribution in [3.05, 3.63) is 47.5 Å². The molecule has 0 bridgehead atoms. The first-order valence-corrected chi connectivity index (χ1v) is 15.4. The predicted molar refractivity (Wildman–Crippen MR) is 135 cm³/mol. The van der Waals surface area contributed by atoms with E-state index in [1.54, 1.807) is 6.92 Å². The Kier molecular flexibility index (Phi) is 9.81. The molecule has 1 aromatic carbocycles. The molecular formula is C27H41F3O4Si. The molecule has 0 amide bonds. The van der Waals surface area contributed by atoms with E-state index < -0.39 is 25.7 Å². The van der Waals surface area contributed by atoms with Crippen molar-refractivity contribution >= 4 is 14.3 Å². The summed E-state index contributed by atoms with van der Waals surface area (Å²) in [6, 6.07) is 5.24. The van der Waals surface area contributed by atoms with Crippen LogP contribution in [0.25, 0.3) is 0 Å². The summed E-state index contributed by atoms with van der Waals surface area (Å²) >= 11 is 0. The number of allylic oxidation sites excluding steroid dienone is 1. The van der Waals surface area contributed by atoms with Crippen molar-refractivity contribution in [1.82, 2.24) is 0 Å². The summed E-state index contributed by atoms with van der Waals surface area (Å²) in [6.45, 7) is 12.8. The second-order valence-corrected chi connectivity index (χ2v) is 16.0. The fourth-order valence-corrected chi connectivity index (χ4v) is 5.51. The van der Waals surface area contributed by atoms with E-state index in [1.165, 1.54) is 12.1 Å². The van der Waals surface area contributed by atoms with Gasteiger partial charge in [-0.3, -0.25) is 4.79 Å². The Balaban J connectivity index is 2.19. The molecule has 198 valence electrons. The van der Waals surface area contributed by atoms with E-state index >= 15 is 0 Å². The first kappa shape index (κ1) is 29.6. The van der Waals surface area contributed by atoms with Gasteiger partial charge in [0.05, 0.1) is 30.3 Å². The average Bonchev–Trinajstić information content (AvgIpc) is 2.70. The van der Waals surface area contributed by atoms with Gasteiger partial charge in [0.15, 0.2) is 8.32 Å². The number of halogens is 3. The zero-order chi connectivity index (χ0) is 26.5. The van der Waals surface area contributed by atoms with Crippen molar-refractivity contribution < 1.29 is 32.2 Å². The number of carbonyl (C=O) groups is 1. The number of rotatable bonds is 9. The zero-order valence-electron chi connectivity index (χ0n) is 21.9. The first-order chi connectivity index (χ1) is 16.0. The van der Waals surface area contributed by atoms with E-state index in [-0.39, 0.29) is 36.1 Å². The molecule has 3 unspecified atom stereocenters. The summed E-state index contributed by atoms with van der Waals surface area (Å²) in [6.07, 6.45) is 2.56. The fraction of sp³-hybridized carbons (Fsp3) is 0.667. The van der Waals surface area contributed by atoms with E-state index in [2.05, 4.69) is 39.9 Å². The van der Waals surface area contributed by atoms with E-state index in [0.717, 1.165) is 30.5 Å². The monoisotopic (exact) mass is 514 g/mol. The molecule has 1 aromatic rings. The van der Waals surface area contributed by atoms with E-state index in [4.69, 9.17) is 9.16 Å². The third-order valence-electron chi connectivity index (χ3n) is 7.21. The van der Waals surface area contributed by atoms with Crippen LogP contribution in [0.2, 0.25) is 18.1 Å². The van der Waals surface area contributed by atoms with E-state index in [1.807, 2.05) is 6.08 Å². The molecule has 0 radical (unpaired) electrons. The molecule has 0 aromatic heterocycles. The third kappa shape index (κ3) is 9.06. The van der Waals surface area contributed by atoms with Gasteiger partial charge in [0.2, 0.25) is 0 Å². The maximum Gasteiger partial charge on any atom is 0.416 e. The zero-order valence-corrected chi connectivity index (χ0v) is 22.9. The normalized spacial score (nSPS) is 22.9. The molecule has 3 atom stereocenters. The highest BCUT2D eigenvalue weighted by Crippen LogP contribution is 2.39. The molecule has 35 heavy (non-hydrogen) atoms. The number of alkyl halides is 3. The van der Waals surface area contributed by atoms with Crippen LogP contribution in [0.4, 0.5) is 13.2 Å². The van der Waals surface area contributed by atoms with Crippen LogP contribution in [0.5, 0.6) is 0 Å². The number of carbonyl (C=O) groups excluding carboxylic acids is 1. The predicted octanol–water partition coefficient (Wildman–Crippen LogP) is 7.07. The smallest absolute Gasteiger partial charge is 0.416 e. The highest BCUT2D eigenvalue weighted by Gasteiger charge is 2.39. The molecule has 2 rings (SSSR count). The van der Waals surface area contributed by atoms with Gasteiger partial charge in [-0.15, -0.1) is 0 Å². The van der Waals surface area contributed by atoms with Crippen molar-refractivity contribution in [1.29, 1.82) is 0 Å². The Morgan fingerprint density at radius 1 is 1.23 bits per heavy atom. The van der Waals surface area contributed by atoms with Gasteiger partial charge in [-0.25, -0.2) is 0 Å². The second kappa shape index (κ2) is 11.6. The van der Waals surface area contributed by atoms with Gasteiger partial charge in [-0.05, 0) is 74.4 Å². The van der Waals surface area contributed by atoms with Crippen molar-refractivity contribution in [2.24, 2.45) is 5.92 Å². The Bertz CT molecular complexity index is 859. The van der Waals surface area contributed by atoms with Crippen molar-refractivity contribution in [3.8, 4) is 0 Å². The van der Waals surface area contributed by atoms with Gasteiger partial charge in [0, 0.05) is 6.42 Å². The van der Waals surface area contributed by atoms with Crippen LogP contribution >= 0.6 is 0 Å². The summed E-state index contributed by atoms with van der Waals surface area (Å²) < 4.78 is 50.6. The largest absolute Gasteiger partial charge is 0.466 e. The molecule has 1 saturated carbocycles. The van der Waals surface area contributed by atoms with Crippen LogP contribution in [0.3, 0.4) is 0 Å². The van der Waals surface area contributed by atoms with Crippen molar-refractivity contribution in [2.45, 2.75) is 102 Å². The van der Waals surface area contributed by atoms with Gasteiger partial charge in [-0.1, -0.05) is 45.1 Å². The molecule has 1 aliphatic rings. The summed E-state index contributed by atoms with van der Waals surface area (Å²) in [4.78, 5) is 11.9. The molecule has 0 heterocycles. The number of esters is 1. The van der Waals surface area contributed by atoms with Gasteiger partial charge < -0.3 is 14.3 Å². The highest BCUT2D eigenvalue weighted by molar-refractivity contribution is 6.74. The third-order valence-corrected chi connectivity index (χ3v) is 11.7. The lowest BCUT2D eigenvalue weighted by atomic mass is 9.76. The topological polar surface area (TPSA) is 55.8 Å². The van der Waals surface area contributed by atoms with Crippen LogP contribution in [-0.2, 0) is 26.6 Å². The maximum atomic E-state index is 13.0. The minimum Gasteiger partial charge on any atom is -0.466 e. The molecule has 1 fully saturated rings. The Hall–Kier alpha value is -1.64. The lowest BCUT2D eigenvalue weighted by Gasteiger charge is -2.39. The number of hydrogen-bond donors (Lipinski definition) is 1. The molecule has 0 saturated heterocycles. The number of benzene rings is 1. The second-order valence-electron chi connectivity index (χ2n) is 11.3. The minimum absolute atomic E-state index is 0.0133. The summed E-state index contributed by atoms with van der Waals surface area (Å²) in [5, 5.41) is 10.9. The van der Waals surface area contributed by atoms with Crippen LogP contribution in [0, 0.1) is 5.92 Å².